The summed E-state index contributed by atoms with van der Waals surface area (Å²) in [5, 5.41) is 4.04. The second-order valence-electron chi connectivity index (χ2n) is 4.31. The van der Waals surface area contributed by atoms with Gasteiger partial charge in [-0.05, 0) is 31.4 Å². The molecule has 1 heterocycles. The topological polar surface area (TPSA) is 29.1 Å². The first kappa shape index (κ1) is 13.0. The Morgan fingerprint density at radius 3 is 3.06 bits per heavy atom. The van der Waals surface area contributed by atoms with Gasteiger partial charge in [0.1, 0.15) is 0 Å². The summed E-state index contributed by atoms with van der Waals surface area (Å²) in [6, 6.07) is 8.51. The lowest BCUT2D eigenvalue weighted by Crippen LogP contribution is -2.38. The highest BCUT2D eigenvalue weighted by Gasteiger charge is 2.28. The molecule has 0 spiro atoms. The Balaban J connectivity index is 1.92. The van der Waals surface area contributed by atoms with Crippen LogP contribution in [0.2, 0.25) is 0 Å². The van der Waals surface area contributed by atoms with E-state index in [2.05, 4.69) is 33.4 Å². The van der Waals surface area contributed by atoms with Crippen LogP contribution in [0.5, 0.6) is 0 Å². The molecule has 0 bridgehead atoms. The first-order chi connectivity index (χ1) is 8.20. The number of fused-ring (bicyclic) bond motifs is 1. The molecule has 2 atom stereocenters. The third-order valence-electron chi connectivity index (χ3n) is 2.87. The Bertz CT molecular complexity index is 385. The molecule has 0 radical (unpaired) electrons. The van der Waals surface area contributed by atoms with Crippen LogP contribution in [0, 0.1) is 0 Å². The number of carbonyl (C=O) groups is 1. The molecule has 4 heteroatoms. The minimum atomic E-state index is 0.0465. The zero-order chi connectivity index (χ0) is 12.3. The maximum absolute atomic E-state index is 12.1. The molecule has 0 aromatic heterocycles. The summed E-state index contributed by atoms with van der Waals surface area (Å²) in [5.41, 5.74) is 1.30. The minimum absolute atomic E-state index is 0.0465. The molecule has 17 heavy (non-hydrogen) atoms. The van der Waals surface area contributed by atoms with Gasteiger partial charge in [-0.2, -0.15) is 0 Å². The van der Waals surface area contributed by atoms with E-state index in [1.54, 1.807) is 11.8 Å². The van der Waals surface area contributed by atoms with Gasteiger partial charge >= 0.3 is 0 Å². The largest absolute Gasteiger partial charge is 0.353 e. The van der Waals surface area contributed by atoms with Crippen molar-refractivity contribution in [2.45, 2.75) is 36.0 Å². The van der Waals surface area contributed by atoms with Crippen molar-refractivity contribution in [1.82, 2.24) is 5.32 Å². The number of hydrogen-bond donors (Lipinski definition) is 1. The van der Waals surface area contributed by atoms with Gasteiger partial charge in [-0.3, -0.25) is 4.79 Å². The molecule has 0 fully saturated rings. The monoisotopic (exact) mass is 313 g/mol. The first-order valence-corrected chi connectivity index (χ1v) is 7.81. The van der Waals surface area contributed by atoms with Crippen molar-refractivity contribution in [3.05, 3.63) is 29.8 Å². The van der Waals surface area contributed by atoms with Crippen LogP contribution in [0.4, 0.5) is 0 Å². The van der Waals surface area contributed by atoms with Crippen molar-refractivity contribution in [3.8, 4) is 0 Å². The molecule has 1 aromatic rings. The van der Waals surface area contributed by atoms with Crippen molar-refractivity contribution in [3.63, 3.8) is 0 Å². The van der Waals surface area contributed by atoms with Crippen LogP contribution in [0.3, 0.4) is 0 Å². The molecule has 92 valence electrons. The van der Waals surface area contributed by atoms with Crippen LogP contribution in [0.25, 0.3) is 0 Å². The Morgan fingerprint density at radius 2 is 2.35 bits per heavy atom. The average molecular weight is 314 g/mol. The van der Waals surface area contributed by atoms with Crippen molar-refractivity contribution in [2.24, 2.45) is 0 Å². The maximum atomic E-state index is 12.1. The standard InChI is InChI=1S/C13H16BrNOS/c1-9(6-7-14)15-13(16)12-8-10-4-2-3-5-11(10)17-12/h2-5,9,12H,6-8H2,1H3,(H,15,16). The number of alkyl halides is 1. The van der Waals surface area contributed by atoms with Gasteiger partial charge in [-0.15, -0.1) is 11.8 Å². The summed E-state index contributed by atoms with van der Waals surface area (Å²) in [6.07, 6.45) is 1.82. The zero-order valence-corrected chi connectivity index (χ0v) is 12.2. The lowest BCUT2D eigenvalue weighted by Gasteiger charge is -2.15. The molecule has 1 N–H and O–H groups in total. The van der Waals surface area contributed by atoms with Gasteiger partial charge in [-0.25, -0.2) is 0 Å². The van der Waals surface area contributed by atoms with Crippen molar-refractivity contribution in [2.75, 3.05) is 5.33 Å². The van der Waals surface area contributed by atoms with Gasteiger partial charge in [0.05, 0.1) is 5.25 Å². The molecule has 1 aliphatic rings. The maximum Gasteiger partial charge on any atom is 0.234 e. The Labute approximate surface area is 115 Å². The van der Waals surface area contributed by atoms with Crippen LogP contribution < -0.4 is 5.32 Å². The van der Waals surface area contributed by atoms with Crippen LogP contribution in [0.1, 0.15) is 18.9 Å². The van der Waals surface area contributed by atoms with E-state index in [0.717, 1.165) is 18.2 Å². The Morgan fingerprint density at radius 1 is 1.59 bits per heavy atom. The molecule has 1 aliphatic heterocycles. The summed E-state index contributed by atoms with van der Waals surface area (Å²) >= 11 is 5.07. The highest BCUT2D eigenvalue weighted by molar-refractivity contribution is 9.09. The lowest BCUT2D eigenvalue weighted by molar-refractivity contribution is -0.121. The lowest BCUT2D eigenvalue weighted by atomic mass is 10.1. The van der Waals surface area contributed by atoms with E-state index in [1.807, 2.05) is 19.1 Å². The fraction of sp³-hybridized carbons (Fsp3) is 0.462. The van der Waals surface area contributed by atoms with Gasteiger partial charge < -0.3 is 5.32 Å². The molecule has 2 unspecified atom stereocenters. The summed E-state index contributed by atoms with van der Waals surface area (Å²) in [5.74, 6) is 0.166. The summed E-state index contributed by atoms with van der Waals surface area (Å²) in [4.78, 5) is 13.3. The van der Waals surface area contributed by atoms with Crippen LogP contribution in [-0.4, -0.2) is 22.5 Å². The number of benzene rings is 1. The fourth-order valence-corrected chi connectivity index (χ4v) is 3.79. The SMILES string of the molecule is CC(CCBr)NC(=O)C1Cc2ccccc2S1. The highest BCUT2D eigenvalue weighted by Crippen LogP contribution is 2.36. The molecule has 0 saturated heterocycles. The third-order valence-corrected chi connectivity index (χ3v) is 4.65. The van der Waals surface area contributed by atoms with E-state index >= 15 is 0 Å². The highest BCUT2D eigenvalue weighted by atomic mass is 79.9. The van der Waals surface area contributed by atoms with Gasteiger partial charge in [0.15, 0.2) is 0 Å². The number of nitrogens with one attached hydrogen (secondary N) is 1. The van der Waals surface area contributed by atoms with Crippen LogP contribution in [0.15, 0.2) is 29.2 Å². The second-order valence-corrected chi connectivity index (χ2v) is 6.34. The number of thioether (sulfide) groups is 1. The van der Waals surface area contributed by atoms with Crippen LogP contribution >= 0.6 is 27.7 Å². The smallest absolute Gasteiger partial charge is 0.234 e. The number of carbonyl (C=O) groups excluding carboxylic acids is 1. The van der Waals surface area contributed by atoms with Gasteiger partial charge in [0, 0.05) is 16.3 Å². The number of halogens is 1. The van der Waals surface area contributed by atoms with Crippen molar-refractivity contribution < 1.29 is 4.79 Å². The molecule has 1 aromatic carbocycles. The van der Waals surface area contributed by atoms with Gasteiger partial charge in [-0.1, -0.05) is 34.1 Å². The van der Waals surface area contributed by atoms with E-state index in [0.29, 0.717) is 0 Å². The quantitative estimate of drug-likeness (QED) is 0.866. The van der Waals surface area contributed by atoms with E-state index in [-0.39, 0.29) is 17.2 Å². The normalized spacial score (nSPS) is 19.8. The summed E-state index contributed by atoms with van der Waals surface area (Å²) in [7, 11) is 0. The summed E-state index contributed by atoms with van der Waals surface area (Å²) < 4.78 is 0. The molecule has 2 rings (SSSR count). The predicted molar refractivity (Wildman–Crippen MR) is 75.8 cm³/mol. The predicted octanol–water partition coefficient (Wildman–Crippen LogP) is 2.99. The van der Waals surface area contributed by atoms with E-state index in [9.17, 15) is 4.79 Å². The molecule has 0 saturated carbocycles. The van der Waals surface area contributed by atoms with Gasteiger partial charge in [0.2, 0.25) is 5.91 Å². The van der Waals surface area contributed by atoms with Crippen molar-refractivity contribution in [1.29, 1.82) is 0 Å². The first-order valence-electron chi connectivity index (χ1n) is 5.81. The van der Waals surface area contributed by atoms with E-state index < -0.39 is 0 Å². The van der Waals surface area contributed by atoms with E-state index in [4.69, 9.17) is 0 Å². The molecular formula is C13H16BrNOS. The van der Waals surface area contributed by atoms with Crippen molar-refractivity contribution >= 4 is 33.6 Å². The fourth-order valence-electron chi connectivity index (χ4n) is 1.90. The third kappa shape index (κ3) is 3.26. The minimum Gasteiger partial charge on any atom is -0.353 e. The molecule has 2 nitrogen and oxygen atoms in total. The number of hydrogen-bond acceptors (Lipinski definition) is 2. The van der Waals surface area contributed by atoms with E-state index in [1.165, 1.54) is 10.5 Å². The number of rotatable bonds is 4. The Hall–Kier alpha value is -0.480. The molecule has 1 amide bonds. The van der Waals surface area contributed by atoms with Crippen LogP contribution in [-0.2, 0) is 11.2 Å². The zero-order valence-electron chi connectivity index (χ0n) is 9.78. The number of amides is 1. The Kier molecular flexibility index (Phi) is 4.51. The summed E-state index contributed by atoms with van der Waals surface area (Å²) in [6.45, 7) is 2.05. The second kappa shape index (κ2) is 5.91. The van der Waals surface area contributed by atoms with Gasteiger partial charge in [0.25, 0.3) is 0 Å². The average Bonchev–Trinajstić information content (AvgIpc) is 2.72. The molecular weight excluding hydrogens is 298 g/mol. The molecule has 0 aliphatic carbocycles.